The van der Waals surface area contributed by atoms with Crippen LogP contribution in [0.3, 0.4) is 0 Å². The van der Waals surface area contributed by atoms with Crippen molar-refractivity contribution in [3.8, 4) is 0 Å². The van der Waals surface area contributed by atoms with E-state index in [1.165, 1.54) is 10.9 Å². The number of hydrogen-bond donors (Lipinski definition) is 4. The Morgan fingerprint density at radius 3 is 2.92 bits per heavy atom. The van der Waals surface area contributed by atoms with Crippen molar-refractivity contribution in [1.82, 2.24) is 19.5 Å². The van der Waals surface area contributed by atoms with Gasteiger partial charge in [-0.2, -0.15) is 4.98 Å². The fourth-order valence-corrected chi connectivity index (χ4v) is 2.75. The Kier molecular flexibility index (Phi) is 4.86. The molecular weight excluding hydrogens is 350 g/mol. The summed E-state index contributed by atoms with van der Waals surface area (Å²) in [6.45, 7) is -0.407. The highest BCUT2D eigenvalue weighted by atomic mass is 16.6. The molecule has 1 aliphatic rings. The standard InChI is InChI=1S/C14H17N5O7/c15-14-17-12-11(13(24)18-14)16-5-19(12)8-3-6(7(4-20)25-8)26-10(23)2-1-9(21)22/h5-8,20H,1-4H2,(H,21,22)(H3,15,17,18,24)/t6-,7+,8+/m0/s1. The Bertz CT molecular complexity index is 891. The van der Waals surface area contributed by atoms with Crippen molar-refractivity contribution in [3.05, 3.63) is 16.7 Å². The molecule has 12 heteroatoms. The van der Waals surface area contributed by atoms with Crippen LogP contribution >= 0.6 is 0 Å². The number of esters is 1. The van der Waals surface area contributed by atoms with Crippen LogP contribution < -0.4 is 11.3 Å². The quantitative estimate of drug-likeness (QED) is 0.450. The van der Waals surface area contributed by atoms with Crippen LogP contribution in [0.4, 0.5) is 5.95 Å². The van der Waals surface area contributed by atoms with E-state index in [4.69, 9.17) is 20.3 Å². The lowest BCUT2D eigenvalue weighted by molar-refractivity contribution is -0.155. The van der Waals surface area contributed by atoms with Crippen LogP contribution in [0.5, 0.6) is 0 Å². The average molecular weight is 367 g/mol. The van der Waals surface area contributed by atoms with Crippen LogP contribution in [0, 0.1) is 0 Å². The number of aliphatic hydroxyl groups is 1. The molecule has 0 aliphatic carbocycles. The smallest absolute Gasteiger partial charge is 0.306 e. The van der Waals surface area contributed by atoms with Gasteiger partial charge in [0.05, 0.1) is 25.8 Å². The van der Waals surface area contributed by atoms with Crippen molar-refractivity contribution in [3.63, 3.8) is 0 Å². The van der Waals surface area contributed by atoms with Crippen molar-refractivity contribution in [2.75, 3.05) is 12.3 Å². The monoisotopic (exact) mass is 367 g/mol. The predicted octanol–water partition coefficient (Wildman–Crippen LogP) is -1.24. The summed E-state index contributed by atoms with van der Waals surface area (Å²) >= 11 is 0. The summed E-state index contributed by atoms with van der Waals surface area (Å²) in [4.78, 5) is 44.4. The van der Waals surface area contributed by atoms with E-state index in [0.717, 1.165) is 0 Å². The molecule has 0 unspecified atom stereocenters. The molecule has 0 aromatic carbocycles. The number of hydrogen-bond acceptors (Lipinski definition) is 9. The molecule has 1 saturated heterocycles. The molecule has 3 heterocycles. The van der Waals surface area contributed by atoms with Gasteiger partial charge in [0, 0.05) is 6.42 Å². The number of nitrogen functional groups attached to an aromatic ring is 1. The van der Waals surface area contributed by atoms with Crippen LogP contribution in [0.15, 0.2) is 11.1 Å². The van der Waals surface area contributed by atoms with Gasteiger partial charge in [-0.3, -0.25) is 23.9 Å². The van der Waals surface area contributed by atoms with Gasteiger partial charge in [-0.25, -0.2) is 4.98 Å². The highest BCUT2D eigenvalue weighted by molar-refractivity contribution is 5.76. The van der Waals surface area contributed by atoms with Crippen molar-refractivity contribution < 1.29 is 29.3 Å². The van der Waals surface area contributed by atoms with Gasteiger partial charge in [0.15, 0.2) is 11.2 Å². The average Bonchev–Trinajstić information content (AvgIpc) is 3.16. The number of nitrogens with zero attached hydrogens (tertiary/aromatic N) is 3. The Labute approximate surface area is 145 Å². The van der Waals surface area contributed by atoms with Gasteiger partial charge in [-0.05, 0) is 0 Å². The molecule has 5 N–H and O–H groups in total. The molecule has 0 radical (unpaired) electrons. The molecule has 0 spiro atoms. The minimum absolute atomic E-state index is 0.0743. The molecule has 3 rings (SSSR count). The first-order valence-electron chi connectivity index (χ1n) is 7.79. The summed E-state index contributed by atoms with van der Waals surface area (Å²) in [5, 5.41) is 18.1. The maximum absolute atomic E-state index is 11.8. The molecule has 26 heavy (non-hydrogen) atoms. The lowest BCUT2D eigenvalue weighted by atomic mass is 10.2. The number of anilines is 1. The van der Waals surface area contributed by atoms with Gasteiger partial charge in [-0.1, -0.05) is 0 Å². The number of imidazole rings is 1. The number of carboxylic acid groups (broad SMARTS) is 1. The maximum atomic E-state index is 11.8. The normalized spacial score (nSPS) is 22.6. The van der Waals surface area contributed by atoms with Gasteiger partial charge in [0.2, 0.25) is 5.95 Å². The molecule has 0 amide bonds. The summed E-state index contributed by atoms with van der Waals surface area (Å²) in [6, 6.07) is 0. The van der Waals surface area contributed by atoms with Crippen molar-refractivity contribution in [2.45, 2.75) is 37.7 Å². The van der Waals surface area contributed by atoms with Crippen LogP contribution in [-0.4, -0.2) is 60.5 Å². The number of aliphatic hydroxyl groups excluding tert-OH is 1. The zero-order valence-corrected chi connectivity index (χ0v) is 13.5. The number of rotatable bonds is 6. The lowest BCUT2D eigenvalue weighted by Crippen LogP contribution is -2.30. The Morgan fingerprint density at radius 1 is 1.46 bits per heavy atom. The number of H-pyrrole nitrogens is 1. The molecule has 140 valence electrons. The maximum Gasteiger partial charge on any atom is 0.306 e. The first kappa shape index (κ1) is 17.8. The molecule has 1 fully saturated rings. The number of nitrogens with one attached hydrogen (secondary N) is 1. The molecule has 12 nitrogen and oxygen atoms in total. The highest BCUT2D eigenvalue weighted by Gasteiger charge is 2.39. The second-order valence-corrected chi connectivity index (χ2v) is 5.74. The zero-order chi connectivity index (χ0) is 18.8. The third-order valence-corrected chi connectivity index (χ3v) is 3.95. The first-order valence-corrected chi connectivity index (χ1v) is 7.79. The molecular formula is C14H17N5O7. The third-order valence-electron chi connectivity index (χ3n) is 3.95. The van der Waals surface area contributed by atoms with Crippen molar-refractivity contribution in [2.24, 2.45) is 0 Å². The highest BCUT2D eigenvalue weighted by Crippen LogP contribution is 2.32. The number of fused-ring (bicyclic) bond motifs is 1. The number of aromatic nitrogens is 4. The third kappa shape index (κ3) is 3.50. The van der Waals surface area contributed by atoms with E-state index in [-0.39, 0.29) is 36.4 Å². The van der Waals surface area contributed by atoms with E-state index in [9.17, 15) is 19.5 Å². The van der Waals surface area contributed by atoms with E-state index in [2.05, 4.69) is 15.0 Å². The Hall–Kier alpha value is -2.99. The van der Waals surface area contributed by atoms with Crippen molar-refractivity contribution >= 4 is 29.1 Å². The minimum Gasteiger partial charge on any atom is -0.481 e. The minimum atomic E-state index is -1.11. The molecule has 2 aromatic rings. The number of aromatic amines is 1. The largest absolute Gasteiger partial charge is 0.481 e. The predicted molar refractivity (Wildman–Crippen MR) is 84.9 cm³/mol. The molecule has 3 atom stereocenters. The van der Waals surface area contributed by atoms with E-state index in [1.807, 2.05) is 0 Å². The van der Waals surface area contributed by atoms with E-state index in [0.29, 0.717) is 0 Å². The van der Waals surface area contributed by atoms with E-state index >= 15 is 0 Å². The Morgan fingerprint density at radius 2 is 2.23 bits per heavy atom. The summed E-state index contributed by atoms with van der Waals surface area (Å²) in [7, 11) is 0. The van der Waals surface area contributed by atoms with Crippen LogP contribution in [0.25, 0.3) is 11.2 Å². The molecule has 2 aromatic heterocycles. The molecule has 0 saturated carbocycles. The van der Waals surface area contributed by atoms with Crippen molar-refractivity contribution in [1.29, 1.82) is 0 Å². The van der Waals surface area contributed by atoms with Gasteiger partial charge in [0.25, 0.3) is 5.56 Å². The molecule has 1 aliphatic heterocycles. The summed E-state index contributed by atoms with van der Waals surface area (Å²) < 4.78 is 12.4. The van der Waals surface area contributed by atoms with E-state index < -0.39 is 42.5 Å². The van der Waals surface area contributed by atoms with Crippen LogP contribution in [0.1, 0.15) is 25.5 Å². The number of ether oxygens (including phenoxy) is 2. The number of nitrogens with two attached hydrogens (primary N) is 1. The topological polar surface area (TPSA) is 183 Å². The van der Waals surface area contributed by atoms with Gasteiger partial charge in [0.1, 0.15) is 18.4 Å². The van der Waals surface area contributed by atoms with Crippen LogP contribution in [-0.2, 0) is 19.1 Å². The van der Waals surface area contributed by atoms with Gasteiger partial charge < -0.3 is 25.4 Å². The fourth-order valence-electron chi connectivity index (χ4n) is 2.75. The number of carbonyl (C=O) groups is 2. The number of carbonyl (C=O) groups excluding carboxylic acids is 1. The lowest BCUT2D eigenvalue weighted by Gasteiger charge is -2.16. The Balaban J connectivity index is 1.78. The van der Waals surface area contributed by atoms with E-state index in [1.54, 1.807) is 0 Å². The SMILES string of the molecule is Nc1nc2c(ncn2[C@H]2C[C@H](OC(=O)CCC(=O)O)[C@@H](CO)O2)c(=O)[nH]1. The molecule has 0 bridgehead atoms. The number of carboxylic acids is 1. The summed E-state index contributed by atoms with van der Waals surface area (Å²) in [6.07, 6.45) is -1.38. The zero-order valence-electron chi connectivity index (χ0n) is 13.5. The van der Waals surface area contributed by atoms with Gasteiger partial charge in [-0.15, -0.1) is 0 Å². The van der Waals surface area contributed by atoms with Gasteiger partial charge >= 0.3 is 11.9 Å². The second kappa shape index (κ2) is 7.09. The summed E-state index contributed by atoms with van der Waals surface area (Å²) in [5.41, 5.74) is 5.32. The fraction of sp³-hybridized carbons (Fsp3) is 0.500. The second-order valence-electron chi connectivity index (χ2n) is 5.74. The van der Waals surface area contributed by atoms with Crippen LogP contribution in [0.2, 0.25) is 0 Å². The number of aliphatic carboxylic acids is 1. The summed E-state index contributed by atoms with van der Waals surface area (Å²) in [5.74, 6) is -1.90. The first-order chi connectivity index (χ1) is 12.4.